The Bertz CT molecular complexity index is 729. The Hall–Kier alpha value is -2.04. The summed E-state index contributed by atoms with van der Waals surface area (Å²) in [6.45, 7) is 12.2. The maximum Gasteiger partial charge on any atom is 0.238 e. The van der Waals surface area contributed by atoms with Crippen LogP contribution in [0.1, 0.15) is 97.5 Å². The first kappa shape index (κ1) is 26.2. The van der Waals surface area contributed by atoms with Gasteiger partial charge in [-0.3, -0.25) is 9.59 Å². The summed E-state index contributed by atoms with van der Waals surface area (Å²) >= 11 is 0. The number of piperidine rings is 1. The van der Waals surface area contributed by atoms with Crippen molar-refractivity contribution in [3.8, 4) is 0 Å². The topological polar surface area (TPSA) is 75.4 Å². The van der Waals surface area contributed by atoms with Crippen molar-refractivity contribution in [1.82, 2.24) is 4.90 Å². The molecule has 32 heavy (non-hydrogen) atoms. The van der Waals surface area contributed by atoms with Gasteiger partial charge in [-0.05, 0) is 74.5 Å². The molecule has 180 valence electrons. The SMILES string of the molecule is CCC[C@](CCC(C)C)(C(N)=O)C(=O)N1CCCC[C@@H]1CCNc1ccc(C(C)C)cc1. The normalized spacial score (nSPS) is 18.6. The van der Waals surface area contributed by atoms with Crippen LogP contribution >= 0.6 is 0 Å². The Morgan fingerprint density at radius 1 is 1.12 bits per heavy atom. The average molecular weight is 444 g/mol. The smallest absolute Gasteiger partial charge is 0.238 e. The van der Waals surface area contributed by atoms with E-state index in [1.165, 1.54) is 5.56 Å². The number of rotatable bonds is 12. The molecule has 1 aromatic rings. The monoisotopic (exact) mass is 443 g/mol. The van der Waals surface area contributed by atoms with Crippen molar-refractivity contribution in [2.45, 2.75) is 97.9 Å². The number of nitrogens with one attached hydrogen (secondary N) is 1. The van der Waals surface area contributed by atoms with E-state index in [0.717, 1.165) is 57.3 Å². The van der Waals surface area contributed by atoms with Crippen molar-refractivity contribution in [3.63, 3.8) is 0 Å². The molecule has 0 saturated carbocycles. The third kappa shape index (κ3) is 6.73. The molecule has 1 aromatic carbocycles. The van der Waals surface area contributed by atoms with Gasteiger partial charge in [-0.2, -0.15) is 0 Å². The maximum atomic E-state index is 13.8. The molecule has 3 N–H and O–H groups in total. The van der Waals surface area contributed by atoms with E-state index in [2.05, 4.69) is 57.3 Å². The van der Waals surface area contributed by atoms with Crippen LogP contribution in [0.25, 0.3) is 0 Å². The molecule has 2 rings (SSSR count). The van der Waals surface area contributed by atoms with Gasteiger partial charge in [-0.15, -0.1) is 0 Å². The Morgan fingerprint density at radius 2 is 1.81 bits per heavy atom. The van der Waals surface area contributed by atoms with Gasteiger partial charge in [0.15, 0.2) is 0 Å². The van der Waals surface area contributed by atoms with Crippen LogP contribution in [0.5, 0.6) is 0 Å². The summed E-state index contributed by atoms with van der Waals surface area (Å²) in [6.07, 6.45) is 6.69. The van der Waals surface area contributed by atoms with Crippen molar-refractivity contribution in [2.24, 2.45) is 17.1 Å². The summed E-state index contributed by atoms with van der Waals surface area (Å²) in [6, 6.07) is 8.76. The summed E-state index contributed by atoms with van der Waals surface area (Å²) in [5, 5.41) is 3.51. The fourth-order valence-corrected chi connectivity index (χ4v) is 4.86. The van der Waals surface area contributed by atoms with E-state index in [9.17, 15) is 9.59 Å². The second kappa shape index (κ2) is 12.3. The fourth-order valence-electron chi connectivity index (χ4n) is 4.86. The number of hydrogen-bond acceptors (Lipinski definition) is 3. The summed E-state index contributed by atoms with van der Waals surface area (Å²) in [7, 11) is 0. The molecule has 0 bridgehead atoms. The number of anilines is 1. The molecule has 0 unspecified atom stereocenters. The molecule has 0 aromatic heterocycles. The summed E-state index contributed by atoms with van der Waals surface area (Å²) in [5.74, 6) is 0.480. The van der Waals surface area contributed by atoms with E-state index in [0.29, 0.717) is 24.7 Å². The number of amides is 2. The number of carbonyl (C=O) groups is 2. The first-order chi connectivity index (χ1) is 15.2. The molecule has 0 spiro atoms. The largest absolute Gasteiger partial charge is 0.385 e. The molecule has 1 saturated heterocycles. The van der Waals surface area contributed by atoms with Crippen LogP contribution in [-0.2, 0) is 9.59 Å². The number of nitrogens with two attached hydrogens (primary N) is 1. The zero-order valence-corrected chi connectivity index (χ0v) is 21.0. The molecule has 5 heteroatoms. The average Bonchev–Trinajstić information content (AvgIpc) is 2.76. The van der Waals surface area contributed by atoms with Crippen LogP contribution in [0.3, 0.4) is 0 Å². The van der Waals surface area contributed by atoms with Crippen molar-refractivity contribution in [1.29, 1.82) is 0 Å². The second-order valence-electron chi connectivity index (χ2n) is 10.3. The first-order valence-corrected chi connectivity index (χ1v) is 12.7. The molecule has 1 aliphatic heterocycles. The van der Waals surface area contributed by atoms with Crippen molar-refractivity contribution in [3.05, 3.63) is 29.8 Å². The summed E-state index contributed by atoms with van der Waals surface area (Å²) in [4.78, 5) is 28.5. The first-order valence-electron chi connectivity index (χ1n) is 12.7. The quantitative estimate of drug-likeness (QED) is 0.407. The van der Waals surface area contributed by atoms with Gasteiger partial charge in [0.25, 0.3) is 0 Å². The summed E-state index contributed by atoms with van der Waals surface area (Å²) in [5.41, 5.74) is 7.29. The highest BCUT2D eigenvalue weighted by molar-refractivity contribution is 6.04. The number of hydrogen-bond donors (Lipinski definition) is 2. The Kier molecular flexibility index (Phi) is 10.0. The molecule has 2 atom stereocenters. The van der Waals surface area contributed by atoms with Crippen molar-refractivity contribution in [2.75, 3.05) is 18.4 Å². The lowest BCUT2D eigenvalue weighted by molar-refractivity contribution is -0.154. The lowest BCUT2D eigenvalue weighted by atomic mass is 9.75. The number of likely N-dealkylation sites (tertiary alicyclic amines) is 1. The minimum absolute atomic E-state index is 0.0292. The molecule has 1 aliphatic rings. The van der Waals surface area contributed by atoms with Gasteiger partial charge in [-0.1, -0.05) is 53.2 Å². The Morgan fingerprint density at radius 3 is 2.38 bits per heavy atom. The van der Waals surface area contributed by atoms with Crippen molar-refractivity contribution < 1.29 is 9.59 Å². The van der Waals surface area contributed by atoms with Crippen LogP contribution in [-0.4, -0.2) is 35.8 Å². The number of carbonyl (C=O) groups excluding carboxylic acids is 2. The number of benzene rings is 1. The molecule has 0 radical (unpaired) electrons. The number of nitrogens with zero attached hydrogens (tertiary/aromatic N) is 1. The molecule has 5 nitrogen and oxygen atoms in total. The van der Waals surface area contributed by atoms with Crippen LogP contribution in [0.15, 0.2) is 24.3 Å². The minimum atomic E-state index is -1.06. The minimum Gasteiger partial charge on any atom is -0.385 e. The summed E-state index contributed by atoms with van der Waals surface area (Å²) < 4.78 is 0. The third-order valence-corrected chi connectivity index (χ3v) is 6.98. The zero-order chi connectivity index (χ0) is 23.7. The standard InChI is InChI=1S/C27H45N3O2/c1-6-16-27(25(28)31,17-14-20(2)3)26(32)30-19-8-7-9-24(30)15-18-29-23-12-10-22(11-13-23)21(4)5/h10-13,20-21,24,29H,6-9,14-19H2,1-5H3,(H2,28,31)/t24-,27+/m1/s1. The van der Waals surface area contributed by atoms with Crippen LogP contribution in [0.2, 0.25) is 0 Å². The van der Waals surface area contributed by atoms with E-state index < -0.39 is 11.3 Å². The highest BCUT2D eigenvalue weighted by Crippen LogP contribution is 2.36. The number of primary amides is 1. The van der Waals surface area contributed by atoms with Gasteiger partial charge in [0.05, 0.1) is 0 Å². The maximum absolute atomic E-state index is 13.8. The molecular weight excluding hydrogens is 398 g/mol. The predicted octanol–water partition coefficient (Wildman–Crippen LogP) is 5.70. The van der Waals surface area contributed by atoms with Crippen LogP contribution in [0, 0.1) is 11.3 Å². The second-order valence-corrected chi connectivity index (χ2v) is 10.3. The molecule has 0 aliphatic carbocycles. The van der Waals surface area contributed by atoms with E-state index >= 15 is 0 Å². The Balaban J connectivity index is 2.08. The molecule has 2 amide bonds. The lowest BCUT2D eigenvalue weighted by Gasteiger charge is -2.42. The predicted molar refractivity (Wildman–Crippen MR) is 134 cm³/mol. The van der Waals surface area contributed by atoms with Crippen LogP contribution in [0.4, 0.5) is 5.69 Å². The highest BCUT2D eigenvalue weighted by atomic mass is 16.2. The third-order valence-electron chi connectivity index (χ3n) is 6.98. The van der Waals surface area contributed by atoms with E-state index in [1.807, 2.05) is 11.8 Å². The van der Waals surface area contributed by atoms with E-state index in [1.54, 1.807) is 0 Å². The molecular formula is C27H45N3O2. The van der Waals surface area contributed by atoms with Gasteiger partial charge in [-0.25, -0.2) is 0 Å². The molecule has 1 heterocycles. The van der Waals surface area contributed by atoms with Gasteiger partial charge in [0.2, 0.25) is 11.8 Å². The highest BCUT2D eigenvalue weighted by Gasteiger charge is 2.47. The van der Waals surface area contributed by atoms with Crippen molar-refractivity contribution >= 4 is 17.5 Å². The zero-order valence-electron chi connectivity index (χ0n) is 21.0. The molecule has 1 fully saturated rings. The fraction of sp³-hybridized carbons (Fsp3) is 0.704. The van der Waals surface area contributed by atoms with Gasteiger partial charge >= 0.3 is 0 Å². The van der Waals surface area contributed by atoms with E-state index in [4.69, 9.17) is 5.73 Å². The van der Waals surface area contributed by atoms with Gasteiger partial charge in [0, 0.05) is 24.8 Å². The van der Waals surface area contributed by atoms with E-state index in [-0.39, 0.29) is 11.9 Å². The van der Waals surface area contributed by atoms with Crippen LogP contribution < -0.4 is 11.1 Å². The van der Waals surface area contributed by atoms with Gasteiger partial charge in [0.1, 0.15) is 5.41 Å². The van der Waals surface area contributed by atoms with Gasteiger partial charge < -0.3 is 16.0 Å². The Labute approximate surface area is 195 Å². The lowest BCUT2D eigenvalue weighted by Crippen LogP contribution is -2.56.